The van der Waals surface area contributed by atoms with Crippen molar-refractivity contribution in [3.8, 4) is 22.8 Å². The summed E-state index contributed by atoms with van der Waals surface area (Å²) in [5.74, 6) is 3.14. The van der Waals surface area contributed by atoms with E-state index in [9.17, 15) is 0 Å². The summed E-state index contributed by atoms with van der Waals surface area (Å²) >= 11 is 0. The molecule has 2 heterocycles. The standard InChI is InChI=1S/C33H27N3O/c1-20-17-18-26-29-25-16-10-9-15-24(25)21(2)19-27(29)37-30(26)28(20)33-35-31(22-11-5-3-6-12-22)34-32(36-33)23-13-7-4-8-14-23/h3-9,11-15,17-20,28H,10,16H2,1-2H3. The summed E-state index contributed by atoms with van der Waals surface area (Å²) in [6.45, 7) is 4.39. The minimum Gasteiger partial charge on any atom is -0.460 e. The van der Waals surface area contributed by atoms with Gasteiger partial charge in [-0.3, -0.25) is 0 Å². The molecule has 180 valence electrons. The van der Waals surface area contributed by atoms with E-state index in [1.807, 2.05) is 60.7 Å². The number of hydrogen-bond acceptors (Lipinski definition) is 4. The fourth-order valence-corrected chi connectivity index (χ4v) is 5.77. The number of aryl methyl sites for hydroxylation is 2. The van der Waals surface area contributed by atoms with Crippen LogP contribution in [0.4, 0.5) is 0 Å². The number of benzene rings is 3. The van der Waals surface area contributed by atoms with E-state index in [2.05, 4.69) is 44.2 Å². The topological polar surface area (TPSA) is 51.8 Å². The molecule has 5 aromatic rings. The molecule has 0 N–H and O–H groups in total. The molecule has 2 aromatic heterocycles. The van der Waals surface area contributed by atoms with Crippen molar-refractivity contribution in [1.82, 2.24) is 15.0 Å². The lowest BCUT2D eigenvalue weighted by Crippen LogP contribution is -2.17. The van der Waals surface area contributed by atoms with Gasteiger partial charge in [0, 0.05) is 22.1 Å². The SMILES string of the molecule is Cc1cc2oc3c(c2c2c1C=CCC2)C=CC(C)C3c1nc(-c2ccccc2)nc(-c2ccccc2)n1. The van der Waals surface area contributed by atoms with E-state index in [1.54, 1.807) is 0 Å². The number of fused-ring (bicyclic) bond motifs is 5. The molecule has 0 aliphatic heterocycles. The zero-order valence-corrected chi connectivity index (χ0v) is 21.0. The molecule has 2 atom stereocenters. The number of rotatable bonds is 3. The monoisotopic (exact) mass is 481 g/mol. The Hall–Kier alpha value is -4.31. The zero-order chi connectivity index (χ0) is 24.9. The van der Waals surface area contributed by atoms with E-state index >= 15 is 0 Å². The normalized spacial score (nSPS) is 18.1. The van der Waals surface area contributed by atoms with Crippen LogP contribution >= 0.6 is 0 Å². The highest BCUT2D eigenvalue weighted by Gasteiger charge is 2.34. The smallest absolute Gasteiger partial charge is 0.163 e. The summed E-state index contributed by atoms with van der Waals surface area (Å²) in [6.07, 6.45) is 11.2. The zero-order valence-electron chi connectivity index (χ0n) is 21.0. The van der Waals surface area contributed by atoms with Crippen molar-refractivity contribution in [1.29, 1.82) is 0 Å². The highest BCUT2D eigenvalue weighted by Crippen LogP contribution is 2.45. The van der Waals surface area contributed by atoms with E-state index in [4.69, 9.17) is 19.4 Å². The number of aromatic nitrogens is 3. The quantitative estimate of drug-likeness (QED) is 0.262. The van der Waals surface area contributed by atoms with Crippen LogP contribution in [-0.4, -0.2) is 15.0 Å². The highest BCUT2D eigenvalue weighted by molar-refractivity contribution is 5.96. The van der Waals surface area contributed by atoms with Gasteiger partial charge in [0.25, 0.3) is 0 Å². The lowest BCUT2D eigenvalue weighted by Gasteiger charge is -2.23. The molecule has 0 bridgehead atoms. The van der Waals surface area contributed by atoms with Gasteiger partial charge in [-0.15, -0.1) is 0 Å². The Morgan fingerprint density at radius 1 is 0.811 bits per heavy atom. The summed E-state index contributed by atoms with van der Waals surface area (Å²) in [7, 11) is 0. The molecule has 4 nitrogen and oxygen atoms in total. The Morgan fingerprint density at radius 2 is 1.49 bits per heavy atom. The molecule has 0 saturated carbocycles. The van der Waals surface area contributed by atoms with Crippen LogP contribution in [0.25, 0.3) is 45.9 Å². The molecule has 37 heavy (non-hydrogen) atoms. The fraction of sp³-hybridized carbons (Fsp3) is 0.182. The molecule has 2 aliphatic carbocycles. The van der Waals surface area contributed by atoms with Gasteiger partial charge in [-0.2, -0.15) is 0 Å². The average Bonchev–Trinajstić information content (AvgIpc) is 3.32. The first-order chi connectivity index (χ1) is 18.2. The van der Waals surface area contributed by atoms with E-state index in [-0.39, 0.29) is 11.8 Å². The molecular formula is C33H27N3O. The third-order valence-corrected chi connectivity index (χ3v) is 7.62. The molecule has 0 saturated heterocycles. The average molecular weight is 482 g/mol. The van der Waals surface area contributed by atoms with Gasteiger partial charge in [0.1, 0.15) is 17.2 Å². The van der Waals surface area contributed by atoms with Crippen LogP contribution < -0.4 is 0 Å². The second kappa shape index (κ2) is 8.67. The van der Waals surface area contributed by atoms with E-state index < -0.39 is 0 Å². The first kappa shape index (κ1) is 21.9. The molecule has 7 rings (SSSR count). The number of nitrogens with zero attached hydrogens (tertiary/aromatic N) is 3. The molecule has 3 aromatic carbocycles. The van der Waals surface area contributed by atoms with Gasteiger partial charge in [0.2, 0.25) is 0 Å². The summed E-state index contributed by atoms with van der Waals surface area (Å²) in [5.41, 5.74) is 8.08. The van der Waals surface area contributed by atoms with E-state index in [0.717, 1.165) is 41.1 Å². The van der Waals surface area contributed by atoms with E-state index in [0.29, 0.717) is 11.6 Å². The summed E-state index contributed by atoms with van der Waals surface area (Å²) in [4.78, 5) is 15.0. The van der Waals surface area contributed by atoms with Gasteiger partial charge in [-0.05, 0) is 48.4 Å². The van der Waals surface area contributed by atoms with Crippen molar-refractivity contribution in [2.75, 3.05) is 0 Å². The van der Waals surface area contributed by atoms with Gasteiger partial charge in [0.05, 0.1) is 5.92 Å². The number of hydrogen-bond donors (Lipinski definition) is 0. The Bertz CT molecular complexity index is 1640. The Labute approximate surface area is 216 Å². The summed E-state index contributed by atoms with van der Waals surface area (Å²) in [6, 6.07) is 22.5. The van der Waals surface area contributed by atoms with Crippen LogP contribution in [0.5, 0.6) is 0 Å². The largest absolute Gasteiger partial charge is 0.460 e. The van der Waals surface area contributed by atoms with Crippen molar-refractivity contribution in [3.05, 3.63) is 113 Å². The summed E-state index contributed by atoms with van der Waals surface area (Å²) in [5, 5.41) is 1.24. The minimum absolute atomic E-state index is 0.101. The van der Waals surface area contributed by atoms with Crippen molar-refractivity contribution in [3.63, 3.8) is 0 Å². The van der Waals surface area contributed by atoms with Crippen LogP contribution in [0.3, 0.4) is 0 Å². The van der Waals surface area contributed by atoms with Crippen LogP contribution in [0.15, 0.2) is 83.3 Å². The first-order valence-electron chi connectivity index (χ1n) is 13.0. The molecule has 2 unspecified atom stereocenters. The number of allylic oxidation sites excluding steroid dienone is 2. The fourth-order valence-electron chi connectivity index (χ4n) is 5.77. The Balaban J connectivity index is 1.46. The predicted molar refractivity (Wildman–Crippen MR) is 149 cm³/mol. The van der Waals surface area contributed by atoms with Crippen molar-refractivity contribution >= 4 is 23.1 Å². The minimum atomic E-state index is -0.101. The molecule has 4 heteroatoms. The second-order valence-electron chi connectivity index (χ2n) is 10.0. The van der Waals surface area contributed by atoms with Gasteiger partial charge in [-0.1, -0.05) is 91.9 Å². The van der Waals surface area contributed by atoms with Gasteiger partial charge in [0.15, 0.2) is 11.6 Å². The molecular weight excluding hydrogens is 454 g/mol. The van der Waals surface area contributed by atoms with Gasteiger partial charge < -0.3 is 4.42 Å². The maximum atomic E-state index is 6.69. The summed E-state index contributed by atoms with van der Waals surface area (Å²) < 4.78 is 6.69. The third kappa shape index (κ3) is 3.63. The molecule has 0 amide bonds. The van der Waals surface area contributed by atoms with Crippen molar-refractivity contribution in [2.24, 2.45) is 5.92 Å². The van der Waals surface area contributed by atoms with Crippen LogP contribution in [0, 0.1) is 12.8 Å². The molecule has 0 radical (unpaired) electrons. The predicted octanol–water partition coefficient (Wildman–Crippen LogP) is 8.01. The molecule has 0 fully saturated rings. The molecule has 0 spiro atoms. The van der Waals surface area contributed by atoms with Crippen LogP contribution in [0.1, 0.15) is 53.1 Å². The van der Waals surface area contributed by atoms with Crippen LogP contribution in [-0.2, 0) is 6.42 Å². The third-order valence-electron chi connectivity index (χ3n) is 7.62. The van der Waals surface area contributed by atoms with Crippen molar-refractivity contribution < 1.29 is 4.42 Å². The van der Waals surface area contributed by atoms with Crippen LogP contribution in [0.2, 0.25) is 0 Å². The first-order valence-corrected chi connectivity index (χ1v) is 13.0. The maximum absolute atomic E-state index is 6.69. The van der Waals surface area contributed by atoms with Gasteiger partial charge in [-0.25, -0.2) is 15.0 Å². The lowest BCUT2D eigenvalue weighted by molar-refractivity contribution is 0.455. The second-order valence-corrected chi connectivity index (χ2v) is 10.0. The highest BCUT2D eigenvalue weighted by atomic mass is 16.3. The number of furan rings is 1. The van der Waals surface area contributed by atoms with E-state index in [1.165, 1.54) is 27.6 Å². The lowest BCUT2D eigenvalue weighted by atomic mass is 9.82. The maximum Gasteiger partial charge on any atom is 0.163 e. The Morgan fingerprint density at radius 3 is 2.16 bits per heavy atom. The van der Waals surface area contributed by atoms with Gasteiger partial charge >= 0.3 is 0 Å². The Kier molecular flexibility index (Phi) is 5.14. The molecule has 2 aliphatic rings. The van der Waals surface area contributed by atoms with Crippen molar-refractivity contribution in [2.45, 2.75) is 32.6 Å².